The molecular weight excluding hydrogens is 237 g/mol. The predicted octanol–water partition coefficient (Wildman–Crippen LogP) is -5.44. The Hall–Kier alpha value is 1.22. The molecule has 0 rings (SSSR count). The van der Waals surface area contributed by atoms with E-state index < -0.39 is 20.3 Å². The molecule has 6 N–H and O–H groups in total. The van der Waals surface area contributed by atoms with Crippen LogP contribution >= 0.6 is 15.2 Å². The standard InChI is InChI=1S/C2H8O7P2.Na.H2O/c1-2(3,10(4,5)6)11(7,8)9;;/h3H,1H3,(H2,4,5,6)(H2,7,8,9);;1H2/q;+1;/p-1. The number of hydrogen-bond donors (Lipinski definition) is 4. The minimum Gasteiger partial charge on any atom is -0.776 e. The molecule has 8 nitrogen and oxygen atoms in total. The van der Waals surface area contributed by atoms with E-state index >= 15 is 0 Å². The molecule has 76 valence electrons. The minimum absolute atomic E-state index is 0. The summed E-state index contributed by atoms with van der Waals surface area (Å²) in [5.74, 6) is 0. The van der Waals surface area contributed by atoms with Crippen LogP contribution in [0.1, 0.15) is 6.92 Å². The average Bonchev–Trinajstić information content (AvgIpc) is 1.58. The zero-order valence-corrected chi connectivity index (χ0v) is 10.7. The molecule has 2 atom stereocenters. The topological polar surface area (TPSA) is 170 Å². The monoisotopic (exact) mass is 246 g/mol. The van der Waals surface area contributed by atoms with E-state index in [1.165, 1.54) is 0 Å². The van der Waals surface area contributed by atoms with Crippen LogP contribution in [0.4, 0.5) is 0 Å². The molecule has 0 saturated heterocycles. The summed E-state index contributed by atoms with van der Waals surface area (Å²) in [7, 11) is -10.7. The maximum atomic E-state index is 10.2. The van der Waals surface area contributed by atoms with Gasteiger partial charge in [0.25, 0.3) is 0 Å². The van der Waals surface area contributed by atoms with Crippen molar-refractivity contribution in [1.29, 1.82) is 0 Å². The number of rotatable bonds is 2. The van der Waals surface area contributed by atoms with Gasteiger partial charge in [-0.1, -0.05) is 0 Å². The van der Waals surface area contributed by atoms with Crippen molar-refractivity contribution in [2.75, 3.05) is 0 Å². The second kappa shape index (κ2) is 5.34. The van der Waals surface area contributed by atoms with Gasteiger partial charge in [-0.15, -0.1) is 0 Å². The fourth-order valence-electron chi connectivity index (χ4n) is 0.165. The molecule has 0 heterocycles. The summed E-state index contributed by atoms with van der Waals surface area (Å²) in [5, 5.41) is 5.20. The summed E-state index contributed by atoms with van der Waals surface area (Å²) in [6.45, 7) is 0.321. The van der Waals surface area contributed by atoms with Gasteiger partial charge in [0.2, 0.25) is 5.08 Å². The Morgan fingerprint density at radius 3 is 1.46 bits per heavy atom. The third-order valence-electron chi connectivity index (χ3n) is 1.09. The second-order valence-corrected chi connectivity index (χ2v) is 6.26. The van der Waals surface area contributed by atoms with Gasteiger partial charge in [-0.2, -0.15) is 0 Å². The van der Waals surface area contributed by atoms with Crippen molar-refractivity contribution in [3.63, 3.8) is 0 Å². The van der Waals surface area contributed by atoms with Gasteiger partial charge in [-0.05, 0) is 6.92 Å². The first kappa shape index (κ1) is 19.7. The van der Waals surface area contributed by atoms with Crippen molar-refractivity contribution in [2.45, 2.75) is 12.0 Å². The molecule has 13 heavy (non-hydrogen) atoms. The molecule has 11 heteroatoms. The molecule has 0 aliphatic carbocycles. The Morgan fingerprint density at radius 2 is 1.46 bits per heavy atom. The average molecular weight is 246 g/mol. The van der Waals surface area contributed by atoms with E-state index in [0.29, 0.717) is 6.92 Å². The Bertz CT molecular complexity index is 213. The summed E-state index contributed by atoms with van der Waals surface area (Å²) < 4.78 is 20.4. The number of hydrogen-bond acceptors (Lipinski definition) is 4. The fraction of sp³-hybridized carbons (Fsp3) is 1.00. The molecule has 0 aromatic carbocycles. The van der Waals surface area contributed by atoms with Crippen LogP contribution in [-0.4, -0.2) is 30.3 Å². The van der Waals surface area contributed by atoms with Crippen molar-refractivity contribution in [3.8, 4) is 0 Å². The van der Waals surface area contributed by atoms with Crippen LogP contribution in [0.15, 0.2) is 0 Å². The molecular formula is C2H9NaO8P2. The molecule has 0 saturated carbocycles. The minimum atomic E-state index is -5.45. The normalized spacial score (nSPS) is 20.2. The summed E-state index contributed by atoms with van der Waals surface area (Å²) in [4.78, 5) is 34.7. The molecule has 0 aromatic heterocycles. The van der Waals surface area contributed by atoms with E-state index in [-0.39, 0.29) is 35.0 Å². The zero-order valence-electron chi connectivity index (χ0n) is 6.91. The van der Waals surface area contributed by atoms with Crippen LogP contribution in [0.2, 0.25) is 0 Å². The van der Waals surface area contributed by atoms with Crippen molar-refractivity contribution in [2.24, 2.45) is 0 Å². The third kappa shape index (κ3) is 4.51. The summed E-state index contributed by atoms with van der Waals surface area (Å²) in [6.07, 6.45) is 0. The molecule has 0 fully saturated rings. The zero-order chi connectivity index (χ0) is 9.50. The summed E-state index contributed by atoms with van der Waals surface area (Å²) in [5.41, 5.74) is 0. The fourth-order valence-corrected chi connectivity index (χ4v) is 1.48. The molecule has 0 radical (unpaired) electrons. The van der Waals surface area contributed by atoms with E-state index in [2.05, 4.69) is 0 Å². The molecule has 0 amide bonds. The molecule has 2 unspecified atom stereocenters. The van der Waals surface area contributed by atoms with Crippen LogP contribution < -0.4 is 34.5 Å². The third-order valence-corrected chi connectivity index (χ3v) is 4.80. The van der Waals surface area contributed by atoms with E-state index in [1.54, 1.807) is 0 Å². The Morgan fingerprint density at radius 1 is 1.23 bits per heavy atom. The van der Waals surface area contributed by atoms with Crippen LogP contribution in [0, 0.1) is 0 Å². The van der Waals surface area contributed by atoms with E-state index in [1.807, 2.05) is 0 Å². The molecule has 0 aliphatic rings. The van der Waals surface area contributed by atoms with Gasteiger partial charge in [-0.3, -0.25) is 4.57 Å². The quantitative estimate of drug-likeness (QED) is 0.278. The Kier molecular flexibility index (Phi) is 8.12. The van der Waals surface area contributed by atoms with Gasteiger partial charge >= 0.3 is 37.2 Å². The first-order chi connectivity index (χ1) is 4.50. The largest absolute Gasteiger partial charge is 1.00 e. The van der Waals surface area contributed by atoms with Crippen molar-refractivity contribution in [3.05, 3.63) is 0 Å². The van der Waals surface area contributed by atoms with Crippen LogP contribution in [-0.2, 0) is 9.13 Å². The molecule has 0 aliphatic heterocycles. The number of aliphatic hydroxyl groups is 1. The second-order valence-electron chi connectivity index (χ2n) is 2.04. The maximum Gasteiger partial charge on any atom is 1.00 e. The smallest absolute Gasteiger partial charge is 0.776 e. The summed E-state index contributed by atoms with van der Waals surface area (Å²) >= 11 is 0. The first-order valence-electron chi connectivity index (χ1n) is 2.32. The van der Waals surface area contributed by atoms with Gasteiger partial charge in [0.15, 0.2) is 7.60 Å². The van der Waals surface area contributed by atoms with Crippen molar-refractivity contribution < 1.29 is 68.8 Å². The van der Waals surface area contributed by atoms with Crippen molar-refractivity contribution >= 4 is 15.2 Å². The van der Waals surface area contributed by atoms with E-state index in [4.69, 9.17) is 19.8 Å². The van der Waals surface area contributed by atoms with Gasteiger partial charge in [0.1, 0.15) is 0 Å². The van der Waals surface area contributed by atoms with Gasteiger partial charge in [-0.25, -0.2) is 0 Å². The van der Waals surface area contributed by atoms with Gasteiger partial charge in [0, 0.05) is 0 Å². The van der Waals surface area contributed by atoms with Gasteiger partial charge in [0.05, 0.1) is 0 Å². The van der Waals surface area contributed by atoms with E-state index in [0.717, 1.165) is 0 Å². The van der Waals surface area contributed by atoms with Gasteiger partial charge < -0.3 is 34.7 Å². The Balaban J connectivity index is -0.000000500. The maximum absolute atomic E-state index is 10.2. The Labute approximate surface area is 95.9 Å². The van der Waals surface area contributed by atoms with Crippen molar-refractivity contribution in [1.82, 2.24) is 0 Å². The summed E-state index contributed by atoms with van der Waals surface area (Å²) in [6, 6.07) is 0. The molecule has 0 spiro atoms. The predicted molar refractivity (Wildman–Crippen MR) is 36.1 cm³/mol. The first-order valence-corrected chi connectivity index (χ1v) is 5.51. The SMILES string of the molecule is CC(O)(P(=O)([O-])O)P(=O)(O)O.O.[Na+]. The van der Waals surface area contributed by atoms with Crippen LogP contribution in [0.25, 0.3) is 0 Å². The van der Waals surface area contributed by atoms with E-state index in [9.17, 15) is 14.0 Å². The van der Waals surface area contributed by atoms with Crippen LogP contribution in [0.3, 0.4) is 0 Å². The van der Waals surface area contributed by atoms with Crippen LogP contribution in [0.5, 0.6) is 0 Å². The molecule has 0 bridgehead atoms. The molecule has 0 aromatic rings.